The van der Waals surface area contributed by atoms with E-state index in [1.807, 2.05) is 54.8 Å². The van der Waals surface area contributed by atoms with Crippen molar-refractivity contribution in [2.24, 2.45) is 0 Å². The zero-order chi connectivity index (χ0) is 20.9. The zero-order valence-electron chi connectivity index (χ0n) is 16.4. The monoisotopic (exact) mass is 416 g/mol. The topological polar surface area (TPSA) is 76.9 Å². The Labute approximate surface area is 178 Å². The fraction of sp³-hybridized carbons (Fsp3) is 0.130. The van der Waals surface area contributed by atoms with Crippen LogP contribution in [-0.2, 0) is 13.1 Å². The van der Waals surface area contributed by atoms with Gasteiger partial charge in [-0.25, -0.2) is 4.68 Å². The minimum absolute atomic E-state index is 0.169. The number of carbonyl (C=O) groups is 1. The molecule has 1 amide bonds. The van der Waals surface area contributed by atoms with E-state index in [1.54, 1.807) is 24.5 Å². The van der Waals surface area contributed by atoms with E-state index in [4.69, 9.17) is 0 Å². The minimum atomic E-state index is -0.171. The number of amides is 1. The van der Waals surface area contributed by atoms with Crippen molar-refractivity contribution in [3.63, 3.8) is 0 Å². The van der Waals surface area contributed by atoms with Gasteiger partial charge in [0.2, 0.25) is 0 Å². The molecule has 0 atom stereocenters. The van der Waals surface area contributed by atoms with E-state index >= 15 is 0 Å². The predicted molar refractivity (Wildman–Crippen MR) is 119 cm³/mol. The molecular formula is C23H20N4O2S. The Bertz CT molecular complexity index is 1260. The van der Waals surface area contributed by atoms with Crippen LogP contribution in [0, 0.1) is 0 Å². The molecule has 2 heterocycles. The number of fused-ring (bicyclic) bond motifs is 1. The Morgan fingerprint density at radius 3 is 2.57 bits per heavy atom. The van der Waals surface area contributed by atoms with Crippen molar-refractivity contribution in [1.29, 1.82) is 0 Å². The van der Waals surface area contributed by atoms with Crippen molar-refractivity contribution >= 4 is 28.4 Å². The maximum atomic E-state index is 12.9. The lowest BCUT2D eigenvalue weighted by atomic mass is 10.1. The molecule has 0 bridgehead atoms. The van der Waals surface area contributed by atoms with E-state index < -0.39 is 0 Å². The van der Waals surface area contributed by atoms with E-state index in [0.29, 0.717) is 23.2 Å². The number of benzene rings is 2. The van der Waals surface area contributed by atoms with E-state index in [1.165, 1.54) is 16.4 Å². The number of nitrogens with zero attached hydrogens (tertiary/aromatic N) is 3. The lowest BCUT2D eigenvalue weighted by Gasteiger charge is -2.13. The maximum Gasteiger partial charge on any atom is 0.274 e. The SMILES string of the molecule is CSc1ccccc1C(=O)NCc1nn(Cc2cccnc2)c(=O)c2ccccc12. The molecule has 7 heteroatoms. The third-order valence-electron chi connectivity index (χ3n) is 4.77. The van der Waals surface area contributed by atoms with Crippen LogP contribution in [0.2, 0.25) is 0 Å². The van der Waals surface area contributed by atoms with Gasteiger partial charge >= 0.3 is 0 Å². The number of nitrogens with one attached hydrogen (secondary N) is 1. The second-order valence-corrected chi connectivity index (χ2v) is 7.55. The van der Waals surface area contributed by atoms with Crippen molar-refractivity contribution in [2.45, 2.75) is 18.0 Å². The predicted octanol–water partition coefficient (Wildman–Crippen LogP) is 3.49. The van der Waals surface area contributed by atoms with Crippen LogP contribution in [0.4, 0.5) is 0 Å². The van der Waals surface area contributed by atoms with Gasteiger partial charge in [0.25, 0.3) is 11.5 Å². The molecule has 4 aromatic rings. The first-order valence-electron chi connectivity index (χ1n) is 9.46. The van der Waals surface area contributed by atoms with Crippen LogP contribution in [0.5, 0.6) is 0 Å². The molecule has 150 valence electrons. The van der Waals surface area contributed by atoms with Gasteiger partial charge in [-0.3, -0.25) is 14.6 Å². The van der Waals surface area contributed by atoms with Gasteiger partial charge in [-0.1, -0.05) is 36.4 Å². The van der Waals surface area contributed by atoms with Crippen LogP contribution in [-0.4, -0.2) is 26.9 Å². The largest absolute Gasteiger partial charge is 0.346 e. The van der Waals surface area contributed by atoms with Crippen molar-refractivity contribution in [1.82, 2.24) is 20.1 Å². The molecule has 30 heavy (non-hydrogen) atoms. The van der Waals surface area contributed by atoms with E-state index in [-0.39, 0.29) is 18.0 Å². The summed E-state index contributed by atoms with van der Waals surface area (Å²) in [4.78, 5) is 30.7. The van der Waals surface area contributed by atoms with Crippen LogP contribution in [0.15, 0.2) is 82.7 Å². The number of hydrogen-bond acceptors (Lipinski definition) is 5. The smallest absolute Gasteiger partial charge is 0.274 e. The molecule has 1 N–H and O–H groups in total. The van der Waals surface area contributed by atoms with Crippen LogP contribution >= 0.6 is 11.8 Å². The van der Waals surface area contributed by atoms with Gasteiger partial charge in [-0.15, -0.1) is 11.8 Å². The molecule has 0 aliphatic rings. The lowest BCUT2D eigenvalue weighted by molar-refractivity contribution is 0.0947. The van der Waals surface area contributed by atoms with Gasteiger partial charge in [-0.05, 0) is 36.1 Å². The van der Waals surface area contributed by atoms with E-state index in [9.17, 15) is 9.59 Å². The molecule has 2 aromatic carbocycles. The number of carbonyl (C=O) groups excluding carboxylic acids is 1. The van der Waals surface area contributed by atoms with Gasteiger partial charge in [-0.2, -0.15) is 5.10 Å². The van der Waals surface area contributed by atoms with E-state index in [2.05, 4.69) is 15.4 Å². The lowest BCUT2D eigenvalue weighted by Crippen LogP contribution is -2.29. The molecule has 2 aromatic heterocycles. The van der Waals surface area contributed by atoms with Crippen molar-refractivity contribution in [3.05, 3.63) is 100 Å². The number of aromatic nitrogens is 3. The van der Waals surface area contributed by atoms with Gasteiger partial charge in [0, 0.05) is 22.7 Å². The second kappa shape index (κ2) is 8.92. The molecule has 0 radical (unpaired) electrons. The molecule has 0 saturated carbocycles. The molecule has 0 aliphatic heterocycles. The first kappa shape index (κ1) is 19.8. The summed E-state index contributed by atoms with van der Waals surface area (Å²) in [6, 6.07) is 18.5. The Hall–Kier alpha value is -3.45. The molecular weight excluding hydrogens is 396 g/mol. The molecule has 4 rings (SSSR count). The third-order valence-corrected chi connectivity index (χ3v) is 5.56. The minimum Gasteiger partial charge on any atom is -0.346 e. The van der Waals surface area contributed by atoms with Gasteiger partial charge in [0.05, 0.1) is 29.7 Å². The standard InChI is InChI=1S/C23H20N4O2S/c1-30-21-11-5-4-10-19(21)22(28)25-14-20-17-8-2-3-9-18(17)23(29)27(26-20)15-16-7-6-12-24-13-16/h2-13H,14-15H2,1H3,(H,25,28). The summed E-state index contributed by atoms with van der Waals surface area (Å²) in [7, 11) is 0. The molecule has 6 nitrogen and oxygen atoms in total. The summed E-state index contributed by atoms with van der Waals surface area (Å²) in [5.74, 6) is -0.171. The highest BCUT2D eigenvalue weighted by molar-refractivity contribution is 7.98. The summed E-state index contributed by atoms with van der Waals surface area (Å²) in [5.41, 5.74) is 1.98. The Balaban J connectivity index is 1.67. The normalized spacial score (nSPS) is 10.8. The van der Waals surface area contributed by atoms with E-state index in [0.717, 1.165) is 15.8 Å². The summed E-state index contributed by atoms with van der Waals surface area (Å²) < 4.78 is 1.43. The average molecular weight is 417 g/mol. The fourth-order valence-corrected chi connectivity index (χ4v) is 3.89. The second-order valence-electron chi connectivity index (χ2n) is 6.70. The first-order valence-corrected chi connectivity index (χ1v) is 10.7. The van der Waals surface area contributed by atoms with Crippen LogP contribution in [0.3, 0.4) is 0 Å². The van der Waals surface area contributed by atoms with Crippen LogP contribution in [0.25, 0.3) is 10.8 Å². The van der Waals surface area contributed by atoms with Crippen molar-refractivity contribution < 1.29 is 4.79 Å². The summed E-state index contributed by atoms with van der Waals surface area (Å²) in [6.07, 6.45) is 5.34. The highest BCUT2D eigenvalue weighted by Crippen LogP contribution is 2.20. The van der Waals surface area contributed by atoms with Gasteiger partial charge < -0.3 is 5.32 Å². The first-order chi connectivity index (χ1) is 14.7. The highest BCUT2D eigenvalue weighted by Gasteiger charge is 2.14. The van der Waals surface area contributed by atoms with Gasteiger partial charge in [0.1, 0.15) is 0 Å². The van der Waals surface area contributed by atoms with Crippen LogP contribution in [0.1, 0.15) is 21.6 Å². The molecule has 0 aliphatic carbocycles. The summed E-state index contributed by atoms with van der Waals surface area (Å²) in [6.45, 7) is 0.531. The number of hydrogen-bond donors (Lipinski definition) is 1. The zero-order valence-corrected chi connectivity index (χ0v) is 17.2. The van der Waals surface area contributed by atoms with Crippen LogP contribution < -0.4 is 10.9 Å². The molecule has 0 saturated heterocycles. The molecule has 0 unspecified atom stereocenters. The molecule has 0 spiro atoms. The Morgan fingerprint density at radius 2 is 1.80 bits per heavy atom. The summed E-state index contributed by atoms with van der Waals surface area (Å²) >= 11 is 1.53. The van der Waals surface area contributed by atoms with Gasteiger partial charge in [0.15, 0.2) is 0 Å². The summed E-state index contributed by atoms with van der Waals surface area (Å²) in [5, 5.41) is 8.82. The number of pyridine rings is 1. The Morgan fingerprint density at radius 1 is 1.03 bits per heavy atom. The van der Waals surface area contributed by atoms with Crippen molar-refractivity contribution in [2.75, 3.05) is 6.26 Å². The Kier molecular flexibility index (Phi) is 5.90. The number of thioether (sulfide) groups is 1. The third kappa shape index (κ3) is 4.11. The van der Waals surface area contributed by atoms with Crippen molar-refractivity contribution in [3.8, 4) is 0 Å². The maximum absolute atomic E-state index is 12.9. The fourth-order valence-electron chi connectivity index (χ4n) is 3.30. The average Bonchev–Trinajstić information content (AvgIpc) is 2.80. The molecule has 0 fully saturated rings. The highest BCUT2D eigenvalue weighted by atomic mass is 32.2. The number of rotatable bonds is 6. The quantitative estimate of drug-likeness (QED) is 0.487.